The molecule has 1 unspecified atom stereocenters. The fourth-order valence-electron chi connectivity index (χ4n) is 2.23. The highest BCUT2D eigenvalue weighted by Gasteiger charge is 2.45. The number of esters is 1. The van der Waals surface area contributed by atoms with Gasteiger partial charge in [-0.3, -0.25) is 9.59 Å². The molecule has 0 fully saturated rings. The van der Waals surface area contributed by atoms with Crippen LogP contribution in [0.2, 0.25) is 0 Å². The summed E-state index contributed by atoms with van der Waals surface area (Å²) in [6.07, 6.45) is 0.770. The average Bonchev–Trinajstić information content (AvgIpc) is 2.31. The predicted octanol–water partition coefficient (Wildman–Crippen LogP) is 1.92. The van der Waals surface area contributed by atoms with E-state index >= 15 is 0 Å². The number of benzene rings is 1. The molecule has 1 aromatic carbocycles. The molecule has 3 nitrogen and oxygen atoms in total. The lowest BCUT2D eigenvalue weighted by molar-refractivity contribution is -0.159. The molecule has 0 radical (unpaired) electrons. The van der Waals surface area contributed by atoms with E-state index in [1.807, 2.05) is 24.3 Å². The first kappa shape index (κ1) is 11.8. The van der Waals surface area contributed by atoms with Crippen LogP contribution in [-0.2, 0) is 27.2 Å². The molecule has 0 heterocycles. The maximum absolute atomic E-state index is 12.1. The number of Topliss-reactive ketones (excluding diaryl/α,β-unsaturated/α-hetero) is 1. The molecule has 0 amide bonds. The second-order valence-electron chi connectivity index (χ2n) is 4.60. The minimum Gasteiger partial charge on any atom is -0.465 e. The fourth-order valence-corrected chi connectivity index (χ4v) is 2.23. The Hall–Kier alpha value is -1.64. The molecule has 0 spiro atoms. The first-order valence-electron chi connectivity index (χ1n) is 5.85. The van der Waals surface area contributed by atoms with Crippen molar-refractivity contribution in [3.8, 4) is 0 Å². The quantitative estimate of drug-likeness (QED) is 0.578. The predicted molar refractivity (Wildman–Crippen MR) is 63.6 cm³/mol. The normalized spacial score (nSPS) is 23.1. The monoisotopic (exact) mass is 232 g/mol. The molecule has 1 atom stereocenters. The molecule has 0 N–H and O–H groups in total. The van der Waals surface area contributed by atoms with Gasteiger partial charge in [-0.2, -0.15) is 0 Å². The highest BCUT2D eigenvalue weighted by Crippen LogP contribution is 2.33. The van der Waals surface area contributed by atoms with Crippen molar-refractivity contribution in [1.29, 1.82) is 0 Å². The summed E-state index contributed by atoms with van der Waals surface area (Å²) in [7, 11) is 0. The summed E-state index contributed by atoms with van der Waals surface area (Å²) in [5, 5.41) is 0. The van der Waals surface area contributed by atoms with E-state index in [9.17, 15) is 9.59 Å². The van der Waals surface area contributed by atoms with E-state index in [0.29, 0.717) is 19.4 Å². The third-order valence-corrected chi connectivity index (χ3v) is 3.35. The van der Waals surface area contributed by atoms with Crippen molar-refractivity contribution in [3.63, 3.8) is 0 Å². The van der Waals surface area contributed by atoms with Crippen LogP contribution < -0.4 is 0 Å². The summed E-state index contributed by atoms with van der Waals surface area (Å²) < 4.78 is 5.01. The first-order valence-corrected chi connectivity index (χ1v) is 5.85. The number of fused-ring (bicyclic) bond motifs is 1. The number of ether oxygens (including phenoxy) is 1. The molecule has 1 aliphatic rings. The van der Waals surface area contributed by atoms with Crippen LogP contribution in [0.1, 0.15) is 25.0 Å². The Bertz CT molecular complexity index is 464. The molecule has 2 rings (SSSR count). The van der Waals surface area contributed by atoms with Gasteiger partial charge in [0, 0.05) is 6.42 Å². The van der Waals surface area contributed by atoms with Gasteiger partial charge in [0.1, 0.15) is 5.41 Å². The zero-order chi connectivity index (χ0) is 12.5. The lowest BCUT2D eigenvalue weighted by atomic mass is 9.72. The third-order valence-electron chi connectivity index (χ3n) is 3.35. The van der Waals surface area contributed by atoms with E-state index in [-0.39, 0.29) is 5.78 Å². The largest absolute Gasteiger partial charge is 0.465 e. The van der Waals surface area contributed by atoms with Crippen LogP contribution in [0.5, 0.6) is 0 Å². The summed E-state index contributed by atoms with van der Waals surface area (Å²) in [6, 6.07) is 7.76. The number of carbonyl (C=O) groups is 2. The van der Waals surface area contributed by atoms with E-state index in [1.54, 1.807) is 13.8 Å². The van der Waals surface area contributed by atoms with Crippen molar-refractivity contribution in [2.45, 2.75) is 26.7 Å². The van der Waals surface area contributed by atoms with E-state index in [2.05, 4.69) is 0 Å². The Balaban J connectivity index is 2.34. The van der Waals surface area contributed by atoms with Crippen LogP contribution in [-0.4, -0.2) is 18.4 Å². The van der Waals surface area contributed by atoms with Gasteiger partial charge in [-0.1, -0.05) is 24.3 Å². The lowest BCUT2D eigenvalue weighted by Crippen LogP contribution is -2.43. The molecule has 0 saturated heterocycles. The van der Waals surface area contributed by atoms with Crippen molar-refractivity contribution in [3.05, 3.63) is 35.4 Å². The number of ketones is 1. The Morgan fingerprint density at radius 2 is 2.00 bits per heavy atom. The molecule has 0 aromatic heterocycles. The van der Waals surface area contributed by atoms with Crippen molar-refractivity contribution in [1.82, 2.24) is 0 Å². The second kappa shape index (κ2) is 4.32. The zero-order valence-electron chi connectivity index (χ0n) is 10.2. The molecule has 1 aliphatic carbocycles. The summed E-state index contributed by atoms with van der Waals surface area (Å²) in [4.78, 5) is 24.0. The first-order chi connectivity index (χ1) is 8.08. The number of hydrogen-bond donors (Lipinski definition) is 0. The van der Waals surface area contributed by atoms with Gasteiger partial charge in [-0.15, -0.1) is 0 Å². The van der Waals surface area contributed by atoms with E-state index in [4.69, 9.17) is 4.74 Å². The fraction of sp³-hybridized carbons (Fsp3) is 0.429. The SMILES string of the molecule is CCOC(=O)C1(C)Cc2ccccc2CC1=O. The van der Waals surface area contributed by atoms with Crippen LogP contribution >= 0.6 is 0 Å². The van der Waals surface area contributed by atoms with Gasteiger partial charge in [0.25, 0.3) is 0 Å². The van der Waals surface area contributed by atoms with Crippen LogP contribution in [0.25, 0.3) is 0 Å². The molecular formula is C14H16O3. The van der Waals surface area contributed by atoms with Gasteiger partial charge in [-0.25, -0.2) is 0 Å². The Kier molecular flexibility index (Phi) is 3.01. The van der Waals surface area contributed by atoms with E-state index in [0.717, 1.165) is 11.1 Å². The van der Waals surface area contributed by atoms with Crippen molar-refractivity contribution >= 4 is 11.8 Å². The van der Waals surface area contributed by atoms with Crippen LogP contribution in [0.3, 0.4) is 0 Å². The van der Waals surface area contributed by atoms with Crippen molar-refractivity contribution < 1.29 is 14.3 Å². The summed E-state index contributed by atoms with van der Waals surface area (Å²) in [5.74, 6) is -0.450. The maximum Gasteiger partial charge on any atom is 0.319 e. The standard InChI is InChI=1S/C14H16O3/c1-3-17-13(16)14(2)9-11-7-5-4-6-10(11)8-12(14)15/h4-7H,3,8-9H2,1-2H3. The molecule has 0 aliphatic heterocycles. The molecule has 90 valence electrons. The van der Waals surface area contributed by atoms with Gasteiger partial charge in [0.05, 0.1) is 6.61 Å². The summed E-state index contributed by atoms with van der Waals surface area (Å²) in [6.45, 7) is 3.75. The Morgan fingerprint density at radius 1 is 1.35 bits per heavy atom. The van der Waals surface area contributed by atoms with Crippen LogP contribution in [0.15, 0.2) is 24.3 Å². The lowest BCUT2D eigenvalue weighted by Gasteiger charge is -2.31. The highest BCUT2D eigenvalue weighted by atomic mass is 16.5. The minimum absolute atomic E-state index is 0.0466. The number of carbonyl (C=O) groups excluding carboxylic acids is 2. The molecule has 1 aromatic rings. The summed E-state index contributed by atoms with van der Waals surface area (Å²) in [5.41, 5.74) is 1.09. The topological polar surface area (TPSA) is 43.4 Å². The molecular weight excluding hydrogens is 216 g/mol. The number of rotatable bonds is 2. The van der Waals surface area contributed by atoms with E-state index in [1.165, 1.54) is 0 Å². The minimum atomic E-state index is -1.01. The Morgan fingerprint density at radius 3 is 2.65 bits per heavy atom. The maximum atomic E-state index is 12.1. The van der Waals surface area contributed by atoms with Crippen LogP contribution in [0.4, 0.5) is 0 Å². The van der Waals surface area contributed by atoms with Crippen molar-refractivity contribution in [2.75, 3.05) is 6.61 Å². The van der Waals surface area contributed by atoms with Gasteiger partial charge < -0.3 is 4.74 Å². The molecule has 3 heteroatoms. The molecule has 0 bridgehead atoms. The smallest absolute Gasteiger partial charge is 0.319 e. The number of hydrogen-bond acceptors (Lipinski definition) is 3. The highest BCUT2D eigenvalue weighted by molar-refractivity contribution is 6.05. The van der Waals surface area contributed by atoms with Crippen LogP contribution in [0, 0.1) is 5.41 Å². The van der Waals surface area contributed by atoms with Gasteiger partial charge >= 0.3 is 5.97 Å². The average molecular weight is 232 g/mol. The second-order valence-corrected chi connectivity index (χ2v) is 4.60. The third kappa shape index (κ3) is 1.97. The Labute approximate surface area is 101 Å². The summed E-state index contributed by atoms with van der Waals surface area (Å²) >= 11 is 0. The van der Waals surface area contributed by atoms with Gasteiger partial charge in [-0.05, 0) is 31.4 Å². The molecule has 17 heavy (non-hydrogen) atoms. The van der Waals surface area contributed by atoms with Gasteiger partial charge in [0.2, 0.25) is 0 Å². The van der Waals surface area contributed by atoms with Crippen molar-refractivity contribution in [2.24, 2.45) is 5.41 Å². The molecule has 0 saturated carbocycles. The zero-order valence-corrected chi connectivity index (χ0v) is 10.2. The van der Waals surface area contributed by atoms with E-state index < -0.39 is 11.4 Å². The van der Waals surface area contributed by atoms with Gasteiger partial charge in [0.15, 0.2) is 5.78 Å².